The minimum atomic E-state index is -0.0850. The smallest absolute Gasteiger partial charge is 0.225 e. The van der Waals surface area contributed by atoms with Gasteiger partial charge in [-0.3, -0.25) is 10.2 Å². The quantitative estimate of drug-likeness (QED) is 0.610. The van der Waals surface area contributed by atoms with E-state index in [9.17, 15) is 4.79 Å². The highest BCUT2D eigenvalue weighted by atomic mass is 16.1. The molecule has 4 N–H and O–H groups in total. The molecule has 1 aromatic carbocycles. The summed E-state index contributed by atoms with van der Waals surface area (Å²) in [6.07, 6.45) is 5.10. The van der Waals surface area contributed by atoms with Crippen LogP contribution in [0.1, 0.15) is 18.9 Å². The highest BCUT2D eigenvalue weighted by molar-refractivity contribution is 5.79. The maximum absolute atomic E-state index is 12.5. The van der Waals surface area contributed by atoms with Gasteiger partial charge < -0.3 is 5.32 Å². The van der Waals surface area contributed by atoms with E-state index in [1.807, 2.05) is 43.6 Å². The fourth-order valence-corrected chi connectivity index (χ4v) is 3.88. The van der Waals surface area contributed by atoms with E-state index in [1.54, 1.807) is 10.9 Å². The lowest BCUT2D eigenvalue weighted by Gasteiger charge is -2.23. The van der Waals surface area contributed by atoms with Crippen molar-refractivity contribution in [3.63, 3.8) is 0 Å². The van der Waals surface area contributed by atoms with Gasteiger partial charge in [0.2, 0.25) is 5.91 Å². The van der Waals surface area contributed by atoms with Gasteiger partial charge in [-0.25, -0.2) is 20.5 Å². The Morgan fingerprint density at radius 1 is 1.27 bits per heavy atom. The van der Waals surface area contributed by atoms with Crippen molar-refractivity contribution >= 4 is 5.91 Å². The van der Waals surface area contributed by atoms with Crippen LogP contribution in [0.15, 0.2) is 42.7 Å². The zero-order valence-electron chi connectivity index (χ0n) is 15.0. The van der Waals surface area contributed by atoms with Gasteiger partial charge >= 0.3 is 0 Å². The van der Waals surface area contributed by atoms with E-state index in [1.165, 1.54) is 0 Å². The largest absolute Gasteiger partial charge is 0.339 e. The van der Waals surface area contributed by atoms with Crippen LogP contribution in [0.2, 0.25) is 0 Å². The summed E-state index contributed by atoms with van der Waals surface area (Å²) < 4.78 is 1.80. The molecule has 4 atom stereocenters. The van der Waals surface area contributed by atoms with Crippen LogP contribution in [-0.4, -0.2) is 46.1 Å². The molecule has 4 unspecified atom stereocenters. The Kier molecular flexibility index (Phi) is 4.73. The lowest BCUT2D eigenvalue weighted by Crippen LogP contribution is -2.52. The Labute approximate surface area is 152 Å². The van der Waals surface area contributed by atoms with Crippen LogP contribution in [0.25, 0.3) is 5.69 Å². The Hall–Kier alpha value is -2.26. The zero-order chi connectivity index (χ0) is 18.1. The van der Waals surface area contributed by atoms with Crippen LogP contribution in [0.5, 0.6) is 0 Å². The second-order valence-corrected chi connectivity index (χ2v) is 6.90. The molecule has 3 heterocycles. The van der Waals surface area contributed by atoms with Crippen molar-refractivity contribution in [3.8, 4) is 5.69 Å². The number of fused-ring (bicyclic) bond motifs is 1. The van der Waals surface area contributed by atoms with Crippen molar-refractivity contribution in [2.75, 3.05) is 7.05 Å². The Bertz CT molecular complexity index is 745. The van der Waals surface area contributed by atoms with Gasteiger partial charge in [0, 0.05) is 31.4 Å². The number of nitrogens with zero attached hydrogens (tertiary/aromatic N) is 3. The second kappa shape index (κ2) is 7.16. The minimum Gasteiger partial charge on any atom is -0.339 e. The number of rotatable bonds is 5. The van der Waals surface area contributed by atoms with E-state index in [4.69, 9.17) is 0 Å². The molecule has 0 saturated carbocycles. The van der Waals surface area contributed by atoms with Crippen molar-refractivity contribution in [1.82, 2.24) is 36.4 Å². The molecule has 1 amide bonds. The maximum atomic E-state index is 12.5. The first-order valence-electron chi connectivity index (χ1n) is 9.04. The van der Waals surface area contributed by atoms with Gasteiger partial charge in [-0.2, -0.15) is 5.10 Å². The predicted molar refractivity (Wildman–Crippen MR) is 97.7 cm³/mol. The van der Waals surface area contributed by atoms with Crippen LogP contribution >= 0.6 is 0 Å². The average Bonchev–Trinajstić information content (AvgIpc) is 3.35. The molecule has 8 heteroatoms. The summed E-state index contributed by atoms with van der Waals surface area (Å²) in [5, 5.41) is 9.41. The van der Waals surface area contributed by atoms with E-state index in [2.05, 4.69) is 38.6 Å². The highest BCUT2D eigenvalue weighted by Gasteiger charge is 2.48. The van der Waals surface area contributed by atoms with Gasteiger partial charge in [0.1, 0.15) is 0 Å². The number of hydrogen-bond donors (Lipinski definition) is 4. The molecule has 2 aliphatic heterocycles. The van der Waals surface area contributed by atoms with E-state index in [0.29, 0.717) is 12.5 Å². The van der Waals surface area contributed by atoms with E-state index in [-0.39, 0.29) is 24.2 Å². The topological polar surface area (TPSA) is 86.3 Å². The summed E-state index contributed by atoms with van der Waals surface area (Å²) in [5.74, 6) is 0.303. The Morgan fingerprint density at radius 2 is 2.08 bits per heavy atom. The van der Waals surface area contributed by atoms with E-state index >= 15 is 0 Å². The first-order valence-corrected chi connectivity index (χ1v) is 9.04. The normalized spacial score (nSPS) is 28.2. The minimum absolute atomic E-state index is 0.0150. The Balaban J connectivity index is 1.37. The molecule has 26 heavy (non-hydrogen) atoms. The lowest BCUT2D eigenvalue weighted by atomic mass is 9.95. The third kappa shape index (κ3) is 3.24. The fourth-order valence-electron chi connectivity index (χ4n) is 3.88. The van der Waals surface area contributed by atoms with Crippen LogP contribution in [-0.2, 0) is 11.2 Å². The standard InChI is InChI=1S/C18H25N7O/c1-3-14-16-17(21-22-18(16)24(2)23-14)20-15(26)11-12-5-7-13(8-6-12)25-10-4-9-19-25/h4-10,14,16-18,21-23H,3,11H2,1-2H3,(H,20,26). The second-order valence-electron chi connectivity index (χ2n) is 6.90. The summed E-state index contributed by atoms with van der Waals surface area (Å²) in [6, 6.07) is 10.1. The molecule has 4 rings (SSSR count). The van der Waals surface area contributed by atoms with Gasteiger partial charge in [-0.05, 0) is 30.2 Å². The molecule has 2 fully saturated rings. The van der Waals surface area contributed by atoms with E-state index in [0.717, 1.165) is 17.7 Å². The molecular weight excluding hydrogens is 330 g/mol. The summed E-state index contributed by atoms with van der Waals surface area (Å²) in [4.78, 5) is 12.5. The van der Waals surface area contributed by atoms with Crippen LogP contribution in [0, 0.1) is 5.92 Å². The van der Waals surface area contributed by atoms with Crippen molar-refractivity contribution in [2.24, 2.45) is 5.92 Å². The average molecular weight is 355 g/mol. The number of nitrogens with one attached hydrogen (secondary N) is 4. The first-order chi connectivity index (χ1) is 12.7. The number of aromatic nitrogens is 2. The Morgan fingerprint density at radius 3 is 2.77 bits per heavy atom. The predicted octanol–water partition coefficient (Wildman–Crippen LogP) is 0.136. The number of carbonyl (C=O) groups excluding carboxylic acids is 1. The van der Waals surface area contributed by atoms with Crippen LogP contribution < -0.4 is 21.6 Å². The monoisotopic (exact) mass is 355 g/mol. The maximum Gasteiger partial charge on any atom is 0.225 e. The molecule has 2 aliphatic rings. The van der Waals surface area contributed by atoms with Crippen molar-refractivity contribution in [2.45, 2.75) is 38.1 Å². The van der Waals surface area contributed by atoms with Gasteiger partial charge in [-0.15, -0.1) is 0 Å². The third-order valence-corrected chi connectivity index (χ3v) is 5.21. The van der Waals surface area contributed by atoms with Crippen molar-refractivity contribution in [3.05, 3.63) is 48.3 Å². The highest BCUT2D eigenvalue weighted by Crippen LogP contribution is 2.27. The lowest BCUT2D eigenvalue weighted by molar-refractivity contribution is -0.121. The molecule has 8 nitrogen and oxygen atoms in total. The summed E-state index contributed by atoms with van der Waals surface area (Å²) in [5.41, 5.74) is 11.9. The number of benzene rings is 1. The van der Waals surface area contributed by atoms with Gasteiger partial charge in [0.25, 0.3) is 0 Å². The SMILES string of the molecule is CCC1NN(C)C2NNC(NC(=O)Cc3ccc(-n4cccn4)cc3)C12. The third-order valence-electron chi connectivity index (χ3n) is 5.21. The molecule has 0 bridgehead atoms. The van der Waals surface area contributed by atoms with Crippen LogP contribution in [0.4, 0.5) is 0 Å². The molecule has 0 aliphatic carbocycles. The molecule has 0 radical (unpaired) electrons. The van der Waals surface area contributed by atoms with Crippen molar-refractivity contribution < 1.29 is 4.79 Å². The molecule has 1 aromatic heterocycles. The van der Waals surface area contributed by atoms with E-state index < -0.39 is 0 Å². The van der Waals surface area contributed by atoms with Gasteiger partial charge in [0.15, 0.2) is 0 Å². The number of hydrazine groups is 2. The molecule has 138 valence electrons. The summed E-state index contributed by atoms with van der Waals surface area (Å²) in [7, 11) is 2.02. The van der Waals surface area contributed by atoms with Gasteiger partial charge in [0.05, 0.1) is 24.4 Å². The van der Waals surface area contributed by atoms with Gasteiger partial charge in [-0.1, -0.05) is 19.1 Å². The first kappa shape index (κ1) is 17.2. The van der Waals surface area contributed by atoms with Crippen LogP contribution in [0.3, 0.4) is 0 Å². The molecule has 2 saturated heterocycles. The summed E-state index contributed by atoms with van der Waals surface area (Å²) in [6.45, 7) is 2.16. The number of hydrogen-bond acceptors (Lipinski definition) is 6. The fraction of sp³-hybridized carbons (Fsp3) is 0.444. The molecule has 0 spiro atoms. The van der Waals surface area contributed by atoms with Crippen molar-refractivity contribution in [1.29, 1.82) is 0 Å². The number of carbonyl (C=O) groups is 1. The summed E-state index contributed by atoms with van der Waals surface area (Å²) >= 11 is 0. The zero-order valence-corrected chi connectivity index (χ0v) is 15.0. The molecular formula is C18H25N7O. The number of amides is 1. The molecule has 2 aromatic rings.